The van der Waals surface area contributed by atoms with E-state index < -0.39 is 61.4 Å². The number of nitrogens with zero attached hydrogens (tertiary/aromatic N) is 3. The van der Waals surface area contributed by atoms with Crippen LogP contribution >= 0.6 is 0 Å². The first kappa shape index (κ1) is 39.6. The Kier molecular flexibility index (Phi) is 11.1. The summed E-state index contributed by atoms with van der Waals surface area (Å²) in [7, 11) is 0. The minimum absolute atomic E-state index is 0.00343. The third-order valence-electron chi connectivity index (χ3n) is 10.4. The molecule has 3 aromatic carbocycles. The number of aliphatic hydroxyl groups excluding tert-OH is 4. The molecule has 1 aliphatic carbocycles. The number of aromatic nitrogens is 1. The second-order valence-corrected chi connectivity index (χ2v) is 14.1. The van der Waals surface area contributed by atoms with E-state index in [1.54, 1.807) is 48.7 Å². The van der Waals surface area contributed by atoms with E-state index in [4.69, 9.17) is 30.1 Å². The number of amides is 1. The summed E-state index contributed by atoms with van der Waals surface area (Å²) >= 11 is 0. The van der Waals surface area contributed by atoms with E-state index in [9.17, 15) is 34.8 Å². The Labute approximate surface area is 336 Å². The van der Waals surface area contributed by atoms with Crippen molar-refractivity contribution in [2.24, 2.45) is 9.98 Å². The molecule has 4 aliphatic rings. The number of rotatable bonds is 13. The third kappa shape index (κ3) is 7.49. The van der Waals surface area contributed by atoms with Crippen molar-refractivity contribution in [2.75, 3.05) is 38.8 Å². The van der Waals surface area contributed by atoms with Crippen molar-refractivity contribution in [2.45, 2.75) is 43.5 Å². The van der Waals surface area contributed by atoms with E-state index in [2.05, 4.69) is 20.3 Å². The molecule has 0 radical (unpaired) electrons. The van der Waals surface area contributed by atoms with Gasteiger partial charge in [0.15, 0.2) is 29.7 Å². The lowest BCUT2D eigenvalue weighted by Gasteiger charge is -2.42. The number of anilines is 1. The predicted octanol–water partition coefficient (Wildman–Crippen LogP) is -0.762. The number of benzene rings is 3. The molecule has 1 saturated heterocycles. The molecule has 18 heteroatoms. The van der Waals surface area contributed by atoms with Crippen molar-refractivity contribution in [1.82, 2.24) is 10.3 Å². The number of hydrogen-bond acceptors (Lipinski definition) is 15. The fraction of sp³-hybridized carbons (Fsp3) is 0.293. The number of nitrogens with two attached hydrogens (primary N) is 1. The molecule has 18 nitrogen and oxygen atoms in total. The standard InChI is InChI=1S/C41H39N7O11/c42-28-15-20(9-11-44-28)10-13-56-37-34(54)33(53)27(18-50)58-40(37)59-35-22(16-21-5-1-4-8-26(21)48-19-45-30-38(48)46-41(43)47-39(30)55)17-25-29(36(35)57-14-12-49)32(52)24-7-3-2-6-23(24)31(25)51/h1-9,11,15,17,27,33-34,37,40,49-50,53-54H,10,12-14,16,18-19H2,(H2,42,44)(H2,43,47,55)/p+1. The number of carbonyl (C=O) groups is 3. The van der Waals surface area contributed by atoms with E-state index in [-0.39, 0.29) is 77.6 Å². The summed E-state index contributed by atoms with van der Waals surface area (Å²) in [5, 5.41) is 52.9. The lowest BCUT2D eigenvalue weighted by Crippen LogP contribution is -3.09. The number of amidine groups is 1. The molecule has 9 N–H and O–H groups in total. The van der Waals surface area contributed by atoms with Gasteiger partial charge in [-0.25, -0.2) is 14.9 Å². The molecule has 1 fully saturated rings. The topological polar surface area (TPSA) is 273 Å². The van der Waals surface area contributed by atoms with Gasteiger partial charge in [0.25, 0.3) is 11.7 Å². The van der Waals surface area contributed by atoms with Gasteiger partial charge >= 0.3 is 0 Å². The molecule has 0 spiro atoms. The van der Waals surface area contributed by atoms with E-state index in [1.807, 2.05) is 12.1 Å². The molecule has 0 saturated carbocycles. The van der Waals surface area contributed by atoms with Gasteiger partial charge in [0.05, 0.1) is 25.4 Å². The number of fused-ring (bicyclic) bond motifs is 3. The fourth-order valence-electron chi connectivity index (χ4n) is 7.65. The summed E-state index contributed by atoms with van der Waals surface area (Å²) in [6.45, 7) is -1.41. The Morgan fingerprint density at radius 2 is 1.68 bits per heavy atom. The Morgan fingerprint density at radius 3 is 2.44 bits per heavy atom. The van der Waals surface area contributed by atoms with E-state index in [0.29, 0.717) is 34.0 Å². The highest BCUT2D eigenvalue weighted by molar-refractivity contribution is 6.68. The van der Waals surface area contributed by atoms with Crippen LogP contribution in [0.4, 0.5) is 11.5 Å². The molecule has 4 heterocycles. The molecule has 6 unspecified atom stereocenters. The van der Waals surface area contributed by atoms with Crippen LogP contribution in [0.1, 0.15) is 48.5 Å². The first-order valence-corrected chi connectivity index (χ1v) is 18.8. The van der Waals surface area contributed by atoms with Crippen LogP contribution in [0.15, 0.2) is 82.9 Å². The number of quaternary nitrogens is 1. The number of ketones is 2. The summed E-state index contributed by atoms with van der Waals surface area (Å²) in [6, 6.07) is 18.5. The van der Waals surface area contributed by atoms with E-state index >= 15 is 0 Å². The van der Waals surface area contributed by atoms with Crippen LogP contribution in [0, 0.1) is 5.41 Å². The maximum atomic E-state index is 14.3. The zero-order chi connectivity index (χ0) is 41.4. The van der Waals surface area contributed by atoms with Gasteiger partial charge in [0.2, 0.25) is 18.0 Å². The molecule has 1 aromatic heterocycles. The summed E-state index contributed by atoms with van der Waals surface area (Å²) in [6.07, 6.45) is -5.59. The van der Waals surface area contributed by atoms with E-state index in [1.165, 1.54) is 12.1 Å². The number of aliphatic imine (C=N–C) groups is 2. The quantitative estimate of drug-likeness (QED) is 0.0728. The minimum Gasteiger partial charge on any atom is -0.486 e. The Morgan fingerprint density at radius 1 is 0.915 bits per heavy atom. The molecule has 3 aliphatic heterocycles. The number of para-hydroxylation sites is 1. The summed E-state index contributed by atoms with van der Waals surface area (Å²) < 4.78 is 24.9. The minimum atomic E-state index is -1.63. The molecular formula is C41H40N7O11+. The highest BCUT2D eigenvalue weighted by Crippen LogP contribution is 2.45. The summed E-state index contributed by atoms with van der Waals surface area (Å²) in [5.74, 6) is -1.61. The largest absolute Gasteiger partial charge is 0.486 e. The van der Waals surface area contributed by atoms with Gasteiger partial charge in [-0.1, -0.05) is 42.5 Å². The second kappa shape index (κ2) is 16.5. The molecule has 1 amide bonds. The molecule has 8 rings (SSSR count). The zero-order valence-electron chi connectivity index (χ0n) is 31.3. The van der Waals surface area contributed by atoms with Crippen molar-refractivity contribution in [3.05, 3.63) is 112 Å². The lowest BCUT2D eigenvalue weighted by atomic mass is 9.81. The molecule has 0 bridgehead atoms. The highest BCUT2D eigenvalue weighted by atomic mass is 16.7. The van der Waals surface area contributed by atoms with Gasteiger partial charge in [-0.2, -0.15) is 4.99 Å². The van der Waals surface area contributed by atoms with Gasteiger partial charge in [-0.05, 0) is 36.2 Å². The maximum absolute atomic E-state index is 14.3. The maximum Gasteiger partial charge on any atom is 0.284 e. The third-order valence-corrected chi connectivity index (χ3v) is 10.4. The van der Waals surface area contributed by atoms with Crippen molar-refractivity contribution >= 4 is 46.5 Å². The van der Waals surface area contributed by atoms with Crippen LogP contribution in [-0.4, -0.2) is 124 Å². The Hall–Kier alpha value is -6.25. The average molecular weight is 807 g/mol. The van der Waals surface area contributed by atoms with Gasteiger partial charge in [0, 0.05) is 40.4 Å². The second-order valence-electron chi connectivity index (χ2n) is 14.1. The number of nitrogens with one attached hydrogen (secondary N) is 3. The first-order chi connectivity index (χ1) is 28.6. The van der Waals surface area contributed by atoms with Gasteiger partial charge in [-0.15, -0.1) is 0 Å². The van der Waals surface area contributed by atoms with Gasteiger partial charge in [-0.3, -0.25) is 25.1 Å². The smallest absolute Gasteiger partial charge is 0.284 e. The molecular weight excluding hydrogens is 766 g/mol. The van der Waals surface area contributed by atoms with Crippen LogP contribution in [0.5, 0.6) is 11.5 Å². The SMILES string of the molecule is N=C1N=C2C(=NC[NH+]2c2ccccc2Cc2cc3c(c(OCCO)c2OC2OC(CO)C(O)C(O)C2OCCc2ccnc(N)c2)C(=O)c2ccccc2C3=O)C(=O)N1. The lowest BCUT2D eigenvalue weighted by molar-refractivity contribution is -0.723. The zero-order valence-corrected chi connectivity index (χ0v) is 31.3. The summed E-state index contributed by atoms with van der Waals surface area (Å²) in [5.41, 5.74) is 8.51. The monoisotopic (exact) mass is 806 g/mol. The van der Waals surface area contributed by atoms with Crippen molar-refractivity contribution in [3.63, 3.8) is 0 Å². The highest BCUT2D eigenvalue weighted by Gasteiger charge is 2.48. The fourth-order valence-corrected chi connectivity index (χ4v) is 7.65. The Balaban J connectivity index is 1.24. The van der Waals surface area contributed by atoms with Gasteiger partial charge < -0.3 is 45.1 Å². The normalized spacial score (nSPS) is 23.5. The Bertz CT molecular complexity index is 2420. The number of guanidine groups is 1. The average Bonchev–Trinajstić information content (AvgIpc) is 3.66. The van der Waals surface area contributed by atoms with Crippen LogP contribution in [0.3, 0.4) is 0 Å². The predicted molar refractivity (Wildman–Crippen MR) is 208 cm³/mol. The van der Waals surface area contributed by atoms with Crippen LogP contribution in [0.25, 0.3) is 0 Å². The van der Waals surface area contributed by atoms with Gasteiger partial charge in [0.1, 0.15) is 42.5 Å². The summed E-state index contributed by atoms with van der Waals surface area (Å²) in [4.78, 5) is 54.5. The van der Waals surface area contributed by atoms with Crippen LogP contribution < -0.4 is 25.4 Å². The number of hydrogen-bond donors (Lipinski definition) is 8. The molecule has 4 aromatic rings. The van der Waals surface area contributed by atoms with Crippen LogP contribution in [0.2, 0.25) is 0 Å². The number of nitrogen functional groups attached to an aromatic ring is 1. The molecule has 304 valence electrons. The number of carbonyl (C=O) groups excluding carboxylic acids is 3. The van der Waals surface area contributed by atoms with Crippen molar-refractivity contribution < 1.29 is 58.7 Å². The van der Waals surface area contributed by atoms with Crippen molar-refractivity contribution in [3.8, 4) is 11.5 Å². The molecule has 59 heavy (non-hydrogen) atoms. The van der Waals surface area contributed by atoms with Crippen molar-refractivity contribution in [1.29, 1.82) is 5.41 Å². The number of pyridine rings is 1. The number of aliphatic hydroxyl groups is 4. The van der Waals surface area contributed by atoms with E-state index in [0.717, 1.165) is 5.56 Å². The van der Waals surface area contributed by atoms with Crippen LogP contribution in [-0.2, 0) is 27.1 Å². The molecule has 6 atom stereocenters. The number of ether oxygens (including phenoxy) is 4. The first-order valence-electron chi connectivity index (χ1n) is 18.8.